The number of rotatable bonds is 7. The Hall–Kier alpha value is -1.31. The second kappa shape index (κ2) is 10.9. The maximum Gasteiger partial charge on any atom is 0.227 e. The molecule has 2 heterocycles. The van der Waals surface area contributed by atoms with E-state index in [0.29, 0.717) is 24.1 Å². The summed E-state index contributed by atoms with van der Waals surface area (Å²) in [5, 5.41) is 6.93. The first kappa shape index (κ1) is 23.7. The van der Waals surface area contributed by atoms with Crippen molar-refractivity contribution in [2.45, 2.75) is 77.4 Å². The van der Waals surface area contributed by atoms with Crippen molar-refractivity contribution >= 4 is 47.7 Å². The van der Waals surface area contributed by atoms with Crippen molar-refractivity contribution in [1.82, 2.24) is 19.5 Å². The average Bonchev–Trinajstić information content (AvgIpc) is 3.05. The third-order valence-electron chi connectivity index (χ3n) is 5.13. The summed E-state index contributed by atoms with van der Waals surface area (Å²) in [4.78, 5) is 14.1. The average molecular weight is 418 g/mol. The second-order valence-corrected chi connectivity index (χ2v) is 7.16. The first-order valence-electron chi connectivity index (χ1n) is 9.62. The van der Waals surface area contributed by atoms with Crippen LogP contribution >= 0.6 is 24.8 Å². The fourth-order valence-corrected chi connectivity index (χ4v) is 3.31. The summed E-state index contributed by atoms with van der Waals surface area (Å²) in [6, 6.07) is 1.10. The highest BCUT2D eigenvalue weighted by Gasteiger charge is 2.21. The summed E-state index contributed by atoms with van der Waals surface area (Å²) >= 11 is 0. The van der Waals surface area contributed by atoms with Gasteiger partial charge in [-0.25, -0.2) is 4.98 Å². The fourth-order valence-electron chi connectivity index (χ4n) is 3.31. The van der Waals surface area contributed by atoms with E-state index < -0.39 is 0 Å². The van der Waals surface area contributed by atoms with E-state index in [4.69, 9.17) is 15.7 Å². The number of nitrogens with zero attached hydrogens (tertiary/aromatic N) is 4. The molecule has 0 bridgehead atoms. The van der Waals surface area contributed by atoms with E-state index in [1.165, 1.54) is 0 Å². The normalized spacial score (nSPS) is 20.4. The zero-order valence-electron chi connectivity index (χ0n) is 16.4. The number of fused-ring (bicyclic) bond motifs is 1. The number of halogens is 2. The van der Waals surface area contributed by atoms with Gasteiger partial charge in [-0.1, -0.05) is 13.8 Å². The van der Waals surface area contributed by atoms with Gasteiger partial charge >= 0.3 is 0 Å². The number of hydrogen-bond acceptors (Lipinski definition) is 6. The molecular weight excluding hydrogens is 385 g/mol. The molecular formula is C18H33Cl2N7. The lowest BCUT2D eigenvalue weighted by molar-refractivity contribution is 0.410. The minimum Gasteiger partial charge on any atom is -0.368 e. The molecule has 9 heteroatoms. The van der Waals surface area contributed by atoms with Crippen LogP contribution in [0, 0.1) is 0 Å². The SMILES string of the molecule is CCCNc1nc(N[C@H]2CC[C@H](N)CC2)nc2c1ncn2C(C)CC.Cl.Cl. The van der Waals surface area contributed by atoms with Crippen LogP contribution in [0.15, 0.2) is 6.33 Å². The van der Waals surface area contributed by atoms with Crippen LogP contribution in [-0.4, -0.2) is 38.1 Å². The highest BCUT2D eigenvalue weighted by molar-refractivity contribution is 5.86. The molecule has 1 aliphatic rings. The van der Waals surface area contributed by atoms with Crippen LogP contribution in [0.2, 0.25) is 0 Å². The lowest BCUT2D eigenvalue weighted by Crippen LogP contribution is -2.33. The molecule has 2 aromatic heterocycles. The predicted octanol–water partition coefficient (Wildman–Crippen LogP) is 4.14. The van der Waals surface area contributed by atoms with E-state index >= 15 is 0 Å². The first-order chi connectivity index (χ1) is 12.1. The summed E-state index contributed by atoms with van der Waals surface area (Å²) < 4.78 is 2.15. The molecule has 1 aliphatic carbocycles. The summed E-state index contributed by atoms with van der Waals surface area (Å²) in [7, 11) is 0. The Morgan fingerprint density at radius 2 is 1.89 bits per heavy atom. The maximum absolute atomic E-state index is 6.02. The van der Waals surface area contributed by atoms with Crippen LogP contribution in [0.4, 0.5) is 11.8 Å². The van der Waals surface area contributed by atoms with Crippen LogP contribution in [0.3, 0.4) is 0 Å². The Labute approximate surface area is 174 Å². The Bertz CT molecular complexity index is 698. The largest absolute Gasteiger partial charge is 0.368 e. The quantitative estimate of drug-likeness (QED) is 0.626. The number of nitrogens with one attached hydrogen (secondary N) is 2. The van der Waals surface area contributed by atoms with Gasteiger partial charge in [0.05, 0.1) is 6.33 Å². The van der Waals surface area contributed by atoms with Crippen LogP contribution in [0.25, 0.3) is 11.2 Å². The highest BCUT2D eigenvalue weighted by Crippen LogP contribution is 2.26. The van der Waals surface area contributed by atoms with Gasteiger partial charge in [0.2, 0.25) is 5.95 Å². The maximum atomic E-state index is 6.02. The van der Waals surface area contributed by atoms with Crippen molar-refractivity contribution in [1.29, 1.82) is 0 Å². The van der Waals surface area contributed by atoms with Crippen molar-refractivity contribution in [2.75, 3.05) is 17.2 Å². The fraction of sp³-hybridized carbons (Fsp3) is 0.722. The molecule has 7 nitrogen and oxygen atoms in total. The number of imidazole rings is 1. The topological polar surface area (TPSA) is 93.7 Å². The minimum absolute atomic E-state index is 0. The highest BCUT2D eigenvalue weighted by atomic mass is 35.5. The smallest absolute Gasteiger partial charge is 0.227 e. The van der Waals surface area contributed by atoms with Gasteiger partial charge in [-0.15, -0.1) is 24.8 Å². The van der Waals surface area contributed by atoms with E-state index in [0.717, 1.165) is 62.1 Å². The molecule has 1 saturated carbocycles. The summed E-state index contributed by atoms with van der Waals surface area (Å²) in [6.45, 7) is 7.39. The minimum atomic E-state index is 0. The molecule has 0 amide bonds. The van der Waals surface area contributed by atoms with Gasteiger partial charge in [-0.2, -0.15) is 9.97 Å². The van der Waals surface area contributed by atoms with E-state index in [1.54, 1.807) is 0 Å². The molecule has 0 saturated heterocycles. The van der Waals surface area contributed by atoms with Gasteiger partial charge in [-0.3, -0.25) is 0 Å². The van der Waals surface area contributed by atoms with Gasteiger partial charge in [0.1, 0.15) is 0 Å². The molecule has 1 unspecified atom stereocenters. The molecule has 4 N–H and O–H groups in total. The number of hydrogen-bond donors (Lipinski definition) is 3. The second-order valence-electron chi connectivity index (χ2n) is 7.16. The van der Waals surface area contributed by atoms with E-state index in [1.807, 2.05) is 6.33 Å². The van der Waals surface area contributed by atoms with Crippen molar-refractivity contribution < 1.29 is 0 Å². The molecule has 154 valence electrons. The van der Waals surface area contributed by atoms with Crippen molar-refractivity contribution in [3.8, 4) is 0 Å². The summed E-state index contributed by atoms with van der Waals surface area (Å²) in [5.74, 6) is 1.51. The van der Waals surface area contributed by atoms with Crippen molar-refractivity contribution in [2.24, 2.45) is 5.73 Å². The van der Waals surface area contributed by atoms with Gasteiger partial charge < -0.3 is 20.9 Å². The summed E-state index contributed by atoms with van der Waals surface area (Å²) in [6.07, 6.45) is 8.23. The molecule has 0 aromatic carbocycles. The molecule has 27 heavy (non-hydrogen) atoms. The lowest BCUT2D eigenvalue weighted by Gasteiger charge is -2.27. The standard InChI is InChI=1S/C18H31N7.2ClH/c1-4-10-20-16-15-17(25(11-21-15)12(3)5-2)24-18(23-16)22-14-8-6-13(19)7-9-14;;/h11-14H,4-10,19H2,1-3H3,(H2,20,22,23,24);2*1H/t12?,13-,14-;;. The predicted molar refractivity (Wildman–Crippen MR) is 117 cm³/mol. The lowest BCUT2D eigenvalue weighted by atomic mass is 9.92. The van der Waals surface area contributed by atoms with E-state index in [9.17, 15) is 0 Å². The third-order valence-corrected chi connectivity index (χ3v) is 5.13. The van der Waals surface area contributed by atoms with Crippen LogP contribution < -0.4 is 16.4 Å². The summed E-state index contributed by atoms with van der Waals surface area (Å²) in [5.41, 5.74) is 7.77. The van der Waals surface area contributed by atoms with Gasteiger partial charge in [0.25, 0.3) is 0 Å². The Kier molecular flexibility index (Phi) is 9.56. The van der Waals surface area contributed by atoms with Crippen LogP contribution in [-0.2, 0) is 0 Å². The molecule has 1 atom stereocenters. The third kappa shape index (κ3) is 5.59. The zero-order valence-corrected chi connectivity index (χ0v) is 18.1. The Morgan fingerprint density at radius 3 is 2.52 bits per heavy atom. The number of aromatic nitrogens is 4. The molecule has 0 radical (unpaired) electrons. The molecule has 0 spiro atoms. The van der Waals surface area contributed by atoms with E-state index in [2.05, 4.69) is 41.0 Å². The van der Waals surface area contributed by atoms with E-state index in [-0.39, 0.29) is 24.8 Å². The molecule has 0 aliphatic heterocycles. The van der Waals surface area contributed by atoms with Gasteiger partial charge in [0, 0.05) is 24.7 Å². The van der Waals surface area contributed by atoms with Gasteiger partial charge in [-0.05, 0) is 45.4 Å². The van der Waals surface area contributed by atoms with Crippen LogP contribution in [0.1, 0.15) is 65.3 Å². The number of nitrogens with two attached hydrogens (primary N) is 1. The van der Waals surface area contributed by atoms with Gasteiger partial charge in [0.15, 0.2) is 17.0 Å². The Balaban J connectivity index is 0.00000182. The van der Waals surface area contributed by atoms with Crippen molar-refractivity contribution in [3.63, 3.8) is 0 Å². The zero-order chi connectivity index (χ0) is 17.8. The monoisotopic (exact) mass is 417 g/mol. The molecule has 1 fully saturated rings. The number of anilines is 2. The molecule has 2 aromatic rings. The first-order valence-corrected chi connectivity index (χ1v) is 9.62. The Morgan fingerprint density at radius 1 is 1.19 bits per heavy atom. The van der Waals surface area contributed by atoms with Crippen LogP contribution in [0.5, 0.6) is 0 Å². The molecule has 3 rings (SSSR count). The van der Waals surface area contributed by atoms with Crippen molar-refractivity contribution in [3.05, 3.63) is 6.33 Å².